The minimum absolute atomic E-state index is 0.0416. The van der Waals surface area contributed by atoms with Gasteiger partial charge in [0.15, 0.2) is 5.82 Å². The first kappa shape index (κ1) is 28.6. The third kappa shape index (κ3) is 6.01. The van der Waals surface area contributed by atoms with Gasteiger partial charge in [-0.1, -0.05) is 6.07 Å². The van der Waals surface area contributed by atoms with Gasteiger partial charge in [0.2, 0.25) is 0 Å². The summed E-state index contributed by atoms with van der Waals surface area (Å²) in [7, 11) is 2.02. The van der Waals surface area contributed by atoms with E-state index in [1.54, 1.807) is 65.8 Å². The maximum atomic E-state index is 15.1. The molecule has 0 radical (unpaired) electrons. The predicted octanol–water partition coefficient (Wildman–Crippen LogP) is 5.25. The van der Waals surface area contributed by atoms with Crippen LogP contribution < -0.4 is 16.4 Å². The summed E-state index contributed by atoms with van der Waals surface area (Å²) in [6, 6.07) is 16.2. The fourth-order valence-corrected chi connectivity index (χ4v) is 4.97. The van der Waals surface area contributed by atoms with Crippen LogP contribution in [0.2, 0.25) is 0 Å². The zero-order chi connectivity index (χ0) is 30.8. The highest BCUT2D eigenvalue weighted by Gasteiger charge is 2.20. The zero-order valence-electron chi connectivity index (χ0n) is 23.7. The average Bonchev–Trinajstić information content (AvgIpc) is 3.03. The first-order valence-corrected chi connectivity index (χ1v) is 13.9. The molecule has 222 valence electrons. The van der Waals surface area contributed by atoms with Gasteiger partial charge in [-0.25, -0.2) is 23.5 Å². The molecule has 3 heterocycles. The number of carbonyl (C=O) groups excluding carboxylic acids is 2. The number of halogens is 2. The van der Waals surface area contributed by atoms with E-state index in [1.807, 2.05) is 7.05 Å². The second kappa shape index (κ2) is 12.0. The van der Waals surface area contributed by atoms with E-state index in [0.717, 1.165) is 13.1 Å². The van der Waals surface area contributed by atoms with Crippen molar-refractivity contribution in [1.29, 1.82) is 0 Å². The molecule has 12 heteroatoms. The number of nitrogens with zero attached hydrogens (tertiary/aromatic N) is 5. The number of anilines is 3. The Hall–Kier alpha value is -5.49. The number of pyridine rings is 1. The first-order chi connectivity index (χ1) is 21.2. The Morgan fingerprint density at radius 3 is 2.34 bits per heavy atom. The molecule has 0 saturated carbocycles. The highest BCUT2D eigenvalue weighted by Crippen LogP contribution is 2.31. The lowest BCUT2D eigenvalue weighted by Crippen LogP contribution is -2.47. The van der Waals surface area contributed by atoms with E-state index in [4.69, 9.17) is 5.73 Å². The molecule has 0 aliphatic carbocycles. The molecule has 44 heavy (non-hydrogen) atoms. The molecule has 1 aliphatic rings. The van der Waals surface area contributed by atoms with E-state index < -0.39 is 17.7 Å². The lowest BCUT2D eigenvalue weighted by atomic mass is 10.0. The van der Waals surface area contributed by atoms with Gasteiger partial charge in [0.25, 0.3) is 5.91 Å². The van der Waals surface area contributed by atoms with Crippen LogP contribution in [-0.2, 0) is 0 Å². The van der Waals surface area contributed by atoms with Crippen molar-refractivity contribution in [2.45, 2.75) is 0 Å². The lowest BCUT2D eigenvalue weighted by molar-refractivity contribution is 0.0664. The summed E-state index contributed by atoms with van der Waals surface area (Å²) in [6.45, 7) is 2.97. The van der Waals surface area contributed by atoms with Gasteiger partial charge in [0.05, 0.1) is 11.2 Å². The van der Waals surface area contributed by atoms with Gasteiger partial charge >= 0.3 is 6.03 Å². The maximum Gasteiger partial charge on any atom is 0.323 e. The van der Waals surface area contributed by atoms with E-state index in [9.17, 15) is 14.0 Å². The van der Waals surface area contributed by atoms with Gasteiger partial charge in [-0.05, 0) is 67.7 Å². The number of rotatable bonds is 5. The van der Waals surface area contributed by atoms with Crippen molar-refractivity contribution in [3.8, 4) is 22.5 Å². The van der Waals surface area contributed by atoms with Crippen molar-refractivity contribution in [2.24, 2.45) is 0 Å². The van der Waals surface area contributed by atoms with Crippen LogP contribution >= 0.6 is 0 Å². The fraction of sp³-hybridized carbons (Fsp3) is 0.156. The van der Waals surface area contributed by atoms with Gasteiger partial charge in [0, 0.05) is 71.9 Å². The highest BCUT2D eigenvalue weighted by atomic mass is 19.1. The van der Waals surface area contributed by atoms with E-state index in [-0.39, 0.29) is 23.2 Å². The van der Waals surface area contributed by atoms with E-state index in [2.05, 4.69) is 30.5 Å². The van der Waals surface area contributed by atoms with Crippen molar-refractivity contribution in [2.75, 3.05) is 49.6 Å². The molecule has 1 aliphatic heterocycles. The second-order valence-electron chi connectivity index (χ2n) is 10.5. The molecule has 2 aromatic heterocycles. The molecule has 0 bridgehead atoms. The van der Waals surface area contributed by atoms with Crippen LogP contribution in [0.4, 0.5) is 30.8 Å². The monoisotopic (exact) mass is 594 g/mol. The van der Waals surface area contributed by atoms with Crippen LogP contribution in [0, 0.1) is 11.6 Å². The predicted molar refractivity (Wildman–Crippen MR) is 165 cm³/mol. The molecule has 0 unspecified atom stereocenters. The largest absolute Gasteiger partial charge is 0.383 e. The number of nitrogen functional groups attached to an aromatic ring is 1. The number of hydrogen-bond donors (Lipinski definition) is 3. The quantitative estimate of drug-likeness (QED) is 0.253. The van der Waals surface area contributed by atoms with Crippen LogP contribution in [0.1, 0.15) is 10.4 Å². The summed E-state index contributed by atoms with van der Waals surface area (Å²) < 4.78 is 29.9. The SMILES string of the molecule is CN1CCN(C(=O)c2ccc(NC(=O)Nc3ccc(-c4nc(N)c5cc(F)c(-c6cccnc6)cc5n4)cc3F)cc2)CC1. The van der Waals surface area contributed by atoms with E-state index >= 15 is 4.39 Å². The normalized spacial score (nSPS) is 13.6. The van der Waals surface area contributed by atoms with Gasteiger partial charge in [-0.2, -0.15) is 0 Å². The maximum absolute atomic E-state index is 15.1. The molecule has 4 N–H and O–H groups in total. The Labute approximate surface area is 251 Å². The van der Waals surface area contributed by atoms with E-state index in [0.29, 0.717) is 51.9 Å². The first-order valence-electron chi connectivity index (χ1n) is 13.9. The third-order valence-electron chi connectivity index (χ3n) is 7.44. The van der Waals surface area contributed by atoms with Gasteiger partial charge in [-0.3, -0.25) is 9.78 Å². The number of urea groups is 1. The second-order valence-corrected chi connectivity index (χ2v) is 10.5. The fourth-order valence-electron chi connectivity index (χ4n) is 4.97. The summed E-state index contributed by atoms with van der Waals surface area (Å²) in [5.41, 5.74) is 8.57. The minimum atomic E-state index is -0.719. The third-order valence-corrected chi connectivity index (χ3v) is 7.44. The number of piperazine rings is 1. The van der Waals surface area contributed by atoms with Crippen molar-refractivity contribution in [3.63, 3.8) is 0 Å². The van der Waals surface area contributed by atoms with Crippen molar-refractivity contribution in [3.05, 3.63) is 96.3 Å². The zero-order valence-corrected chi connectivity index (χ0v) is 23.7. The number of aromatic nitrogens is 3. The molecule has 1 fully saturated rings. The van der Waals surface area contributed by atoms with Crippen LogP contribution in [0.3, 0.4) is 0 Å². The topological polar surface area (TPSA) is 129 Å². The number of likely N-dealkylation sites (N-methyl/N-ethyl adjacent to an activating group) is 1. The molecule has 5 aromatic rings. The molecule has 3 aromatic carbocycles. The van der Waals surface area contributed by atoms with Gasteiger partial charge in [-0.15, -0.1) is 0 Å². The number of fused-ring (bicyclic) bond motifs is 1. The molecule has 10 nitrogen and oxygen atoms in total. The molecule has 3 amide bonds. The van der Waals surface area contributed by atoms with Crippen molar-refractivity contribution in [1.82, 2.24) is 24.8 Å². The van der Waals surface area contributed by atoms with Crippen LogP contribution in [0.25, 0.3) is 33.4 Å². The lowest BCUT2D eigenvalue weighted by Gasteiger charge is -2.32. The number of amides is 3. The van der Waals surface area contributed by atoms with Crippen LogP contribution in [0.15, 0.2) is 79.1 Å². The minimum Gasteiger partial charge on any atom is -0.383 e. The molecule has 0 spiro atoms. The molecule has 0 atom stereocenters. The van der Waals surface area contributed by atoms with E-state index in [1.165, 1.54) is 18.2 Å². The number of hydrogen-bond acceptors (Lipinski definition) is 7. The van der Waals surface area contributed by atoms with Crippen LogP contribution in [-0.4, -0.2) is 69.9 Å². The smallest absolute Gasteiger partial charge is 0.323 e. The Morgan fingerprint density at radius 2 is 1.64 bits per heavy atom. The number of nitrogens with one attached hydrogen (secondary N) is 2. The van der Waals surface area contributed by atoms with Crippen molar-refractivity contribution < 1.29 is 18.4 Å². The summed E-state index contributed by atoms with van der Waals surface area (Å²) in [5.74, 6) is -1.10. The van der Waals surface area contributed by atoms with Crippen LogP contribution in [0.5, 0.6) is 0 Å². The van der Waals surface area contributed by atoms with Crippen molar-refractivity contribution >= 4 is 40.0 Å². The average molecular weight is 595 g/mol. The highest BCUT2D eigenvalue weighted by molar-refractivity contribution is 6.01. The molecule has 1 saturated heterocycles. The summed E-state index contributed by atoms with van der Waals surface area (Å²) in [5, 5.41) is 5.45. The summed E-state index contributed by atoms with van der Waals surface area (Å²) in [6.07, 6.45) is 3.13. The Balaban J connectivity index is 1.15. The molecule has 6 rings (SSSR count). The Bertz CT molecular complexity index is 1860. The molecular weight excluding hydrogens is 566 g/mol. The Kier molecular flexibility index (Phi) is 7.82. The number of nitrogens with two attached hydrogens (primary N) is 1. The number of carbonyl (C=O) groups is 2. The standard InChI is InChI=1S/C32H28F2N8O2/c1-41-11-13-42(14-12-41)31(43)19-4-7-22(8-5-19)37-32(44)39-27-9-6-20(15-26(27)34)30-38-28-17-23(21-3-2-10-36-18-21)25(33)16-24(28)29(35)40-30/h2-10,15-18H,11-14H2,1H3,(H2,35,38,40)(H2,37,39,44). The Morgan fingerprint density at radius 1 is 0.864 bits per heavy atom. The van der Waals surface area contributed by atoms with Gasteiger partial charge < -0.3 is 26.2 Å². The summed E-state index contributed by atoms with van der Waals surface area (Å²) in [4.78, 5) is 42.1. The molecular formula is C32H28F2N8O2. The van der Waals surface area contributed by atoms with Gasteiger partial charge in [0.1, 0.15) is 17.5 Å². The summed E-state index contributed by atoms with van der Waals surface area (Å²) >= 11 is 0. The number of benzene rings is 3.